The Morgan fingerprint density at radius 2 is 2.27 bits per heavy atom. The minimum Gasteiger partial charge on any atom is -0.390 e. The van der Waals surface area contributed by atoms with Crippen molar-refractivity contribution in [1.82, 2.24) is 9.97 Å². The number of hydrogen-bond donors (Lipinski definition) is 2. The van der Waals surface area contributed by atoms with Gasteiger partial charge in [0.05, 0.1) is 12.3 Å². The summed E-state index contributed by atoms with van der Waals surface area (Å²) in [6.07, 6.45) is 0. The monoisotopic (exact) mass is 286 g/mol. The van der Waals surface area contributed by atoms with Gasteiger partial charge in [0.1, 0.15) is 5.82 Å². The standard InChI is InChI=1S/C10H8BrClN2O/c11-7-3-1-2-6(4-7)10-13-8(5-15)9(12)14-10/h1-4,15H,5H2,(H,13,14). The molecule has 3 nitrogen and oxygen atoms in total. The van der Waals surface area contributed by atoms with Gasteiger partial charge in [0, 0.05) is 10.0 Å². The van der Waals surface area contributed by atoms with Gasteiger partial charge in [0.25, 0.3) is 0 Å². The van der Waals surface area contributed by atoms with Crippen LogP contribution >= 0.6 is 27.5 Å². The topological polar surface area (TPSA) is 48.9 Å². The zero-order chi connectivity index (χ0) is 10.8. The van der Waals surface area contributed by atoms with E-state index >= 15 is 0 Å². The molecule has 1 aromatic heterocycles. The lowest BCUT2D eigenvalue weighted by Crippen LogP contribution is -1.83. The van der Waals surface area contributed by atoms with Crippen LogP contribution in [0.15, 0.2) is 28.7 Å². The highest BCUT2D eigenvalue weighted by atomic mass is 79.9. The van der Waals surface area contributed by atoms with Crippen LogP contribution in [0, 0.1) is 0 Å². The highest BCUT2D eigenvalue weighted by Gasteiger charge is 2.08. The number of nitrogens with one attached hydrogen (secondary N) is 1. The third-order valence-electron chi connectivity index (χ3n) is 1.98. The molecule has 0 amide bonds. The maximum atomic E-state index is 8.97. The Morgan fingerprint density at radius 3 is 2.87 bits per heavy atom. The van der Waals surface area contributed by atoms with Gasteiger partial charge >= 0.3 is 0 Å². The Morgan fingerprint density at radius 1 is 1.47 bits per heavy atom. The number of aliphatic hydroxyl groups excluding tert-OH is 1. The Kier molecular flexibility index (Phi) is 3.09. The van der Waals surface area contributed by atoms with Gasteiger partial charge in [-0.1, -0.05) is 39.7 Å². The normalized spacial score (nSPS) is 10.6. The van der Waals surface area contributed by atoms with Crippen LogP contribution < -0.4 is 0 Å². The summed E-state index contributed by atoms with van der Waals surface area (Å²) in [5.74, 6) is 0.658. The lowest BCUT2D eigenvalue weighted by molar-refractivity contribution is 0.277. The molecule has 1 heterocycles. The molecule has 0 saturated heterocycles. The van der Waals surface area contributed by atoms with E-state index in [4.69, 9.17) is 16.7 Å². The Hall–Kier alpha value is -0.840. The summed E-state index contributed by atoms with van der Waals surface area (Å²) in [5, 5.41) is 9.28. The summed E-state index contributed by atoms with van der Waals surface area (Å²) < 4.78 is 0.970. The number of H-pyrrole nitrogens is 1. The van der Waals surface area contributed by atoms with Crippen molar-refractivity contribution >= 4 is 27.5 Å². The van der Waals surface area contributed by atoms with E-state index in [0.717, 1.165) is 10.0 Å². The van der Waals surface area contributed by atoms with E-state index < -0.39 is 0 Å². The predicted octanol–water partition coefficient (Wildman–Crippen LogP) is 2.98. The Bertz CT molecular complexity index is 484. The van der Waals surface area contributed by atoms with Crippen LogP contribution in [0.4, 0.5) is 0 Å². The fourth-order valence-electron chi connectivity index (χ4n) is 1.27. The van der Waals surface area contributed by atoms with Crippen LogP contribution in [0.2, 0.25) is 5.15 Å². The molecule has 78 valence electrons. The molecule has 0 fully saturated rings. The number of imidazole rings is 1. The molecule has 0 spiro atoms. The van der Waals surface area contributed by atoms with Gasteiger partial charge in [-0.15, -0.1) is 0 Å². The van der Waals surface area contributed by atoms with Gasteiger partial charge in [-0.05, 0) is 12.1 Å². The van der Waals surface area contributed by atoms with Crippen LogP contribution in [-0.4, -0.2) is 15.1 Å². The van der Waals surface area contributed by atoms with Crippen LogP contribution in [0.25, 0.3) is 11.4 Å². The Balaban J connectivity index is 2.45. The summed E-state index contributed by atoms with van der Waals surface area (Å²) in [6.45, 7) is -0.139. The minimum atomic E-state index is -0.139. The first-order valence-corrected chi connectivity index (χ1v) is 5.49. The molecule has 0 aliphatic heterocycles. The average molecular weight is 288 g/mol. The van der Waals surface area contributed by atoms with E-state index in [1.165, 1.54) is 0 Å². The van der Waals surface area contributed by atoms with Crippen molar-refractivity contribution in [2.24, 2.45) is 0 Å². The molecule has 2 rings (SSSR count). The highest BCUT2D eigenvalue weighted by molar-refractivity contribution is 9.10. The summed E-state index contributed by atoms with van der Waals surface area (Å²) >= 11 is 9.20. The molecule has 0 radical (unpaired) electrons. The maximum Gasteiger partial charge on any atom is 0.153 e. The second-order valence-corrected chi connectivity index (χ2v) is 4.30. The third-order valence-corrected chi connectivity index (χ3v) is 2.79. The van der Waals surface area contributed by atoms with Gasteiger partial charge in [0.15, 0.2) is 5.15 Å². The van der Waals surface area contributed by atoms with Gasteiger partial charge in [-0.2, -0.15) is 0 Å². The number of nitrogens with zero attached hydrogens (tertiary/aromatic N) is 1. The molecule has 0 bridgehead atoms. The quantitative estimate of drug-likeness (QED) is 0.892. The summed E-state index contributed by atoms with van der Waals surface area (Å²) in [4.78, 5) is 7.08. The van der Waals surface area contributed by atoms with Crippen LogP contribution in [0.5, 0.6) is 0 Å². The number of aromatic nitrogens is 2. The zero-order valence-corrected chi connectivity index (χ0v) is 10.0. The third kappa shape index (κ3) is 2.22. The van der Waals surface area contributed by atoms with Gasteiger partial charge < -0.3 is 10.1 Å². The number of benzene rings is 1. The van der Waals surface area contributed by atoms with E-state index in [0.29, 0.717) is 16.7 Å². The van der Waals surface area contributed by atoms with E-state index in [-0.39, 0.29) is 6.61 Å². The first-order valence-electron chi connectivity index (χ1n) is 4.32. The lowest BCUT2D eigenvalue weighted by atomic mass is 10.2. The second kappa shape index (κ2) is 4.35. The molecule has 15 heavy (non-hydrogen) atoms. The first kappa shape index (κ1) is 10.7. The van der Waals surface area contributed by atoms with Crippen molar-refractivity contribution in [3.8, 4) is 11.4 Å². The molecule has 0 unspecified atom stereocenters. The van der Waals surface area contributed by atoms with Crippen molar-refractivity contribution in [3.05, 3.63) is 39.6 Å². The molecule has 0 aliphatic carbocycles. The second-order valence-electron chi connectivity index (χ2n) is 3.02. The van der Waals surface area contributed by atoms with E-state index in [1.807, 2.05) is 24.3 Å². The first-order chi connectivity index (χ1) is 7.20. The number of aliphatic hydroxyl groups is 1. The fourth-order valence-corrected chi connectivity index (χ4v) is 1.86. The van der Waals surface area contributed by atoms with Crippen molar-refractivity contribution in [2.45, 2.75) is 6.61 Å². The molecule has 5 heteroatoms. The Labute approximate surface area is 100 Å². The van der Waals surface area contributed by atoms with Crippen molar-refractivity contribution in [2.75, 3.05) is 0 Å². The molecule has 0 aliphatic rings. The number of aromatic amines is 1. The fraction of sp³-hybridized carbons (Fsp3) is 0.100. The van der Waals surface area contributed by atoms with Crippen LogP contribution in [0.3, 0.4) is 0 Å². The summed E-state index contributed by atoms with van der Waals surface area (Å²) in [6, 6.07) is 7.69. The number of halogens is 2. The zero-order valence-electron chi connectivity index (χ0n) is 7.67. The SMILES string of the molecule is OCc1[nH]c(-c2cccc(Br)c2)nc1Cl. The average Bonchev–Trinajstić information content (AvgIpc) is 2.60. The van der Waals surface area contributed by atoms with Crippen molar-refractivity contribution in [3.63, 3.8) is 0 Å². The molecule has 0 saturated carbocycles. The van der Waals surface area contributed by atoms with Crippen molar-refractivity contribution in [1.29, 1.82) is 0 Å². The smallest absolute Gasteiger partial charge is 0.153 e. The minimum absolute atomic E-state index is 0.139. The van der Waals surface area contributed by atoms with Crippen molar-refractivity contribution < 1.29 is 5.11 Å². The molecule has 0 atom stereocenters. The van der Waals surface area contributed by atoms with Gasteiger partial charge in [0.2, 0.25) is 0 Å². The number of rotatable bonds is 2. The van der Waals surface area contributed by atoms with Crippen LogP contribution in [0.1, 0.15) is 5.69 Å². The highest BCUT2D eigenvalue weighted by Crippen LogP contribution is 2.23. The molecule has 2 N–H and O–H groups in total. The van der Waals surface area contributed by atoms with Gasteiger partial charge in [-0.3, -0.25) is 0 Å². The largest absolute Gasteiger partial charge is 0.390 e. The maximum absolute atomic E-state index is 8.97. The van der Waals surface area contributed by atoms with Gasteiger partial charge in [-0.25, -0.2) is 4.98 Å². The van der Waals surface area contributed by atoms with Crippen LogP contribution in [-0.2, 0) is 6.61 Å². The van der Waals surface area contributed by atoms with E-state index in [1.54, 1.807) is 0 Å². The summed E-state index contributed by atoms with van der Waals surface area (Å²) in [7, 11) is 0. The molecule has 1 aromatic carbocycles. The molecular formula is C10H8BrClN2O. The predicted molar refractivity (Wildman–Crippen MR) is 62.7 cm³/mol. The molecule has 2 aromatic rings. The lowest BCUT2D eigenvalue weighted by Gasteiger charge is -1.96. The van der Waals surface area contributed by atoms with E-state index in [2.05, 4.69) is 25.9 Å². The number of hydrogen-bond acceptors (Lipinski definition) is 2. The summed E-state index contributed by atoms with van der Waals surface area (Å²) in [5.41, 5.74) is 1.46. The molecular weight excluding hydrogens is 279 g/mol. The van der Waals surface area contributed by atoms with E-state index in [9.17, 15) is 0 Å².